The highest BCUT2D eigenvalue weighted by Gasteiger charge is 2.38. The van der Waals surface area contributed by atoms with E-state index in [0.29, 0.717) is 46.9 Å². The van der Waals surface area contributed by atoms with Crippen LogP contribution in [0.5, 0.6) is 11.5 Å². The van der Waals surface area contributed by atoms with E-state index >= 15 is 0 Å². The van der Waals surface area contributed by atoms with Crippen molar-refractivity contribution in [3.8, 4) is 11.5 Å². The Hall–Kier alpha value is -3.58. The number of fused-ring (bicyclic) bond motifs is 3. The van der Waals surface area contributed by atoms with Gasteiger partial charge in [-0.25, -0.2) is 4.79 Å². The minimum Gasteiger partial charge on any atom is -0.508 e. The molecule has 2 fully saturated rings. The maximum Gasteiger partial charge on any atom is 0.360 e. The van der Waals surface area contributed by atoms with Crippen LogP contribution in [0.15, 0.2) is 57.3 Å². The van der Waals surface area contributed by atoms with Crippen molar-refractivity contribution in [2.45, 2.75) is 65.3 Å². The summed E-state index contributed by atoms with van der Waals surface area (Å²) < 4.78 is 11.6. The van der Waals surface area contributed by atoms with E-state index in [1.165, 1.54) is 37.8 Å². The Kier molecular flexibility index (Phi) is 8.07. The molecule has 0 saturated heterocycles. The first-order valence-electron chi connectivity index (χ1n) is 14.0. The number of ether oxygens (including phenoxy) is 1. The van der Waals surface area contributed by atoms with Gasteiger partial charge in [-0.2, -0.15) is 0 Å². The normalized spacial score (nSPS) is 19.8. The molecule has 2 bridgehead atoms. The fourth-order valence-corrected chi connectivity index (χ4v) is 5.98. The van der Waals surface area contributed by atoms with Crippen molar-refractivity contribution in [2.24, 2.45) is 11.8 Å². The smallest absolute Gasteiger partial charge is 0.360 e. The molecule has 1 heterocycles. The van der Waals surface area contributed by atoms with Gasteiger partial charge in [0.15, 0.2) is 0 Å². The molecule has 7 nitrogen and oxygen atoms in total. The molecule has 0 spiro atoms. The van der Waals surface area contributed by atoms with E-state index in [2.05, 4.69) is 10.6 Å². The third-order valence-corrected chi connectivity index (χ3v) is 8.14. The summed E-state index contributed by atoms with van der Waals surface area (Å²) in [6, 6.07) is 10.7. The van der Waals surface area contributed by atoms with Gasteiger partial charge in [0.2, 0.25) is 0 Å². The number of carbonyl (C=O) groups is 1. The minimum absolute atomic E-state index is 0.0613. The van der Waals surface area contributed by atoms with E-state index in [9.17, 15) is 14.7 Å². The lowest BCUT2D eigenvalue weighted by Gasteiger charge is -2.23. The SMILES string of the molecule is CC(C)=CCc1cc(C(=O)Nc2cc3ccc(OCCCN[C@@H]4C[C@H]5CC[C@@H]4C5)c(C)c3oc2=O)ccc1O. The summed E-state index contributed by atoms with van der Waals surface area (Å²) in [5, 5.41) is 17.2. The van der Waals surface area contributed by atoms with Crippen LogP contribution >= 0.6 is 0 Å². The Labute approximate surface area is 229 Å². The Balaban J connectivity index is 1.21. The summed E-state index contributed by atoms with van der Waals surface area (Å²) in [5.74, 6) is 2.17. The standard InChI is InChI=1S/C32H38N2O5/c1-19(2)5-7-23-17-25(9-11-28(23)35)31(36)34-27-18-24-10-12-29(20(3)30(24)39-32(27)37)38-14-4-13-33-26-16-21-6-8-22(26)15-21/h5,9-12,17-18,21-22,26,33,35H,4,6-8,13-16H2,1-3H3,(H,34,36)/t21-,22+,26+/m0/s1. The molecule has 206 valence electrons. The van der Waals surface area contributed by atoms with E-state index in [0.717, 1.165) is 35.9 Å². The van der Waals surface area contributed by atoms with Crippen molar-refractivity contribution in [1.29, 1.82) is 0 Å². The molecule has 5 rings (SSSR count). The van der Waals surface area contributed by atoms with Crippen LogP contribution in [0.3, 0.4) is 0 Å². The number of phenols is 1. The molecule has 2 aromatic carbocycles. The Morgan fingerprint density at radius 2 is 2.00 bits per heavy atom. The molecule has 39 heavy (non-hydrogen) atoms. The molecule has 3 atom stereocenters. The van der Waals surface area contributed by atoms with Gasteiger partial charge in [0.25, 0.3) is 5.91 Å². The van der Waals surface area contributed by atoms with Gasteiger partial charge in [-0.15, -0.1) is 0 Å². The molecule has 7 heteroatoms. The van der Waals surface area contributed by atoms with Crippen molar-refractivity contribution < 1.29 is 19.1 Å². The average Bonchev–Trinajstić information content (AvgIpc) is 3.54. The molecule has 1 aromatic heterocycles. The topological polar surface area (TPSA) is 101 Å². The van der Waals surface area contributed by atoms with Crippen LogP contribution in [0.2, 0.25) is 0 Å². The fourth-order valence-electron chi connectivity index (χ4n) is 5.98. The zero-order valence-electron chi connectivity index (χ0n) is 23.0. The molecule has 1 amide bonds. The van der Waals surface area contributed by atoms with Gasteiger partial charge in [-0.1, -0.05) is 18.1 Å². The highest BCUT2D eigenvalue weighted by atomic mass is 16.5. The number of phenolic OH excluding ortho intramolecular Hbond substituents is 1. The lowest BCUT2D eigenvalue weighted by molar-refractivity contribution is 0.102. The van der Waals surface area contributed by atoms with Gasteiger partial charge < -0.3 is 24.9 Å². The summed E-state index contributed by atoms with van der Waals surface area (Å²) in [7, 11) is 0. The number of aryl methyl sites for hydroxylation is 1. The number of hydrogen-bond acceptors (Lipinski definition) is 6. The van der Waals surface area contributed by atoms with E-state index in [-0.39, 0.29) is 11.4 Å². The first kappa shape index (κ1) is 27.0. The van der Waals surface area contributed by atoms with Gasteiger partial charge in [-0.3, -0.25) is 4.79 Å². The van der Waals surface area contributed by atoms with Gasteiger partial charge in [0.1, 0.15) is 22.8 Å². The predicted octanol–water partition coefficient (Wildman–Crippen LogP) is 6.12. The summed E-state index contributed by atoms with van der Waals surface area (Å²) in [6.45, 7) is 7.34. The van der Waals surface area contributed by atoms with E-state index in [1.54, 1.807) is 12.1 Å². The first-order valence-corrected chi connectivity index (χ1v) is 14.0. The predicted molar refractivity (Wildman–Crippen MR) is 154 cm³/mol. The first-order chi connectivity index (χ1) is 18.8. The number of anilines is 1. The average molecular weight is 531 g/mol. The third-order valence-electron chi connectivity index (χ3n) is 8.14. The van der Waals surface area contributed by atoms with Gasteiger partial charge in [0.05, 0.1) is 6.61 Å². The molecule has 3 N–H and O–H groups in total. The van der Waals surface area contributed by atoms with Crippen LogP contribution in [0.4, 0.5) is 5.69 Å². The Morgan fingerprint density at radius 3 is 2.74 bits per heavy atom. The number of benzene rings is 2. The van der Waals surface area contributed by atoms with E-state index in [1.807, 2.05) is 39.0 Å². The molecule has 2 saturated carbocycles. The molecule has 2 aliphatic rings. The van der Waals surface area contributed by atoms with Gasteiger partial charge in [0, 0.05) is 22.6 Å². The molecular formula is C32H38N2O5. The van der Waals surface area contributed by atoms with Crippen molar-refractivity contribution in [3.63, 3.8) is 0 Å². The quantitative estimate of drug-likeness (QED) is 0.166. The zero-order chi connectivity index (χ0) is 27.5. The van der Waals surface area contributed by atoms with Gasteiger partial charge in [-0.05, 0) is 113 Å². The molecule has 0 radical (unpaired) electrons. The molecule has 2 aliphatic carbocycles. The van der Waals surface area contributed by atoms with Crippen LogP contribution in [0.1, 0.15) is 67.4 Å². The number of rotatable bonds is 10. The number of allylic oxidation sites excluding steroid dienone is 2. The number of carbonyl (C=O) groups excluding carboxylic acids is 1. The maximum absolute atomic E-state index is 12.9. The van der Waals surface area contributed by atoms with Crippen LogP contribution in [0.25, 0.3) is 11.0 Å². The monoisotopic (exact) mass is 530 g/mol. The largest absolute Gasteiger partial charge is 0.508 e. The fraction of sp³-hybridized carbons (Fsp3) is 0.438. The van der Waals surface area contributed by atoms with Gasteiger partial charge >= 0.3 is 5.63 Å². The number of amides is 1. The van der Waals surface area contributed by atoms with E-state index < -0.39 is 11.5 Å². The van der Waals surface area contributed by atoms with Crippen molar-refractivity contribution in [2.75, 3.05) is 18.5 Å². The van der Waals surface area contributed by atoms with E-state index in [4.69, 9.17) is 9.15 Å². The summed E-state index contributed by atoms with van der Waals surface area (Å²) in [5.41, 5.74) is 2.74. The highest BCUT2D eigenvalue weighted by molar-refractivity contribution is 6.05. The highest BCUT2D eigenvalue weighted by Crippen LogP contribution is 2.44. The second kappa shape index (κ2) is 11.7. The lowest BCUT2D eigenvalue weighted by atomic mass is 9.95. The molecular weight excluding hydrogens is 492 g/mol. The second-order valence-electron chi connectivity index (χ2n) is 11.3. The number of aromatic hydroxyl groups is 1. The molecule has 0 aliphatic heterocycles. The second-order valence-corrected chi connectivity index (χ2v) is 11.3. The Morgan fingerprint density at radius 1 is 1.15 bits per heavy atom. The zero-order valence-corrected chi connectivity index (χ0v) is 23.0. The lowest BCUT2D eigenvalue weighted by Crippen LogP contribution is -2.35. The van der Waals surface area contributed by atoms with Crippen LogP contribution in [-0.4, -0.2) is 30.2 Å². The van der Waals surface area contributed by atoms with Crippen LogP contribution < -0.4 is 21.0 Å². The van der Waals surface area contributed by atoms with Crippen LogP contribution in [0, 0.1) is 18.8 Å². The third kappa shape index (κ3) is 6.19. The Bertz CT molecular complexity index is 1450. The summed E-state index contributed by atoms with van der Waals surface area (Å²) in [6.07, 6.45) is 8.90. The molecule has 3 aromatic rings. The number of nitrogens with one attached hydrogen (secondary N) is 2. The summed E-state index contributed by atoms with van der Waals surface area (Å²) in [4.78, 5) is 25.7. The number of hydrogen-bond donors (Lipinski definition) is 3. The minimum atomic E-state index is -0.630. The summed E-state index contributed by atoms with van der Waals surface area (Å²) >= 11 is 0. The van der Waals surface area contributed by atoms with Crippen LogP contribution in [-0.2, 0) is 6.42 Å². The molecule has 0 unspecified atom stereocenters. The van der Waals surface area contributed by atoms with Crippen molar-refractivity contribution in [3.05, 3.63) is 75.2 Å². The maximum atomic E-state index is 12.9. The van der Waals surface area contributed by atoms with Crippen molar-refractivity contribution >= 4 is 22.6 Å². The van der Waals surface area contributed by atoms with Crippen molar-refractivity contribution in [1.82, 2.24) is 5.32 Å².